The standard InChI is InChI=1S/C23H24FN3O4/c1-3-14-18-15(20(28)16(21(29)30)7-27(18)13-4-5-13)6-17(24)19(14)26-10-22(12-31-2)8-23(25,9-22)11-26/h1,6-7,13H,4-5,8-12,25H2,2H3,(H,29,30). The summed E-state index contributed by atoms with van der Waals surface area (Å²) in [6.07, 6.45) is 10.5. The molecule has 2 aliphatic heterocycles. The van der Waals surface area contributed by atoms with E-state index in [4.69, 9.17) is 16.9 Å². The van der Waals surface area contributed by atoms with Gasteiger partial charge in [0.05, 0.1) is 28.8 Å². The number of anilines is 1. The van der Waals surface area contributed by atoms with Crippen LogP contribution in [0.3, 0.4) is 0 Å². The first-order valence-corrected chi connectivity index (χ1v) is 10.3. The van der Waals surface area contributed by atoms with Gasteiger partial charge in [-0.15, -0.1) is 6.42 Å². The SMILES string of the molecule is C#Cc1c(N2CC3(N)CC(COC)(C2)C3)c(F)cc2c(=O)c(C(=O)O)cn(C3CC3)c12. The molecule has 4 fully saturated rings. The van der Waals surface area contributed by atoms with Gasteiger partial charge in [-0.3, -0.25) is 4.79 Å². The average Bonchev–Trinajstić information content (AvgIpc) is 3.51. The van der Waals surface area contributed by atoms with Gasteiger partial charge in [-0.2, -0.15) is 0 Å². The van der Waals surface area contributed by atoms with Crippen molar-refractivity contribution in [3.63, 3.8) is 0 Å². The van der Waals surface area contributed by atoms with Gasteiger partial charge in [0.2, 0.25) is 5.43 Å². The maximum absolute atomic E-state index is 15.5. The maximum Gasteiger partial charge on any atom is 0.341 e. The van der Waals surface area contributed by atoms with E-state index in [9.17, 15) is 14.7 Å². The van der Waals surface area contributed by atoms with Crippen molar-refractivity contribution in [1.29, 1.82) is 0 Å². The molecule has 6 rings (SSSR count). The van der Waals surface area contributed by atoms with Crippen LogP contribution in [-0.4, -0.2) is 48.0 Å². The van der Waals surface area contributed by atoms with Crippen LogP contribution in [-0.2, 0) is 4.74 Å². The van der Waals surface area contributed by atoms with Gasteiger partial charge < -0.3 is 25.0 Å². The molecule has 8 heteroatoms. The molecule has 0 unspecified atom stereocenters. The van der Waals surface area contributed by atoms with Gasteiger partial charge in [0.1, 0.15) is 11.4 Å². The number of halogens is 1. The molecule has 2 aromatic rings. The van der Waals surface area contributed by atoms with Crippen LogP contribution in [0.4, 0.5) is 10.1 Å². The van der Waals surface area contributed by atoms with E-state index in [0.29, 0.717) is 25.2 Å². The summed E-state index contributed by atoms with van der Waals surface area (Å²) in [6.45, 7) is 1.53. The molecule has 2 bridgehead atoms. The van der Waals surface area contributed by atoms with E-state index < -0.39 is 22.8 Å². The highest BCUT2D eigenvalue weighted by Crippen LogP contribution is 2.53. The highest BCUT2D eigenvalue weighted by atomic mass is 19.1. The second-order valence-electron chi connectivity index (χ2n) is 9.44. The fourth-order valence-corrected chi connectivity index (χ4v) is 5.84. The Morgan fingerprint density at radius 3 is 2.71 bits per heavy atom. The van der Waals surface area contributed by atoms with Crippen LogP contribution < -0.4 is 16.1 Å². The Morgan fingerprint density at radius 1 is 1.42 bits per heavy atom. The average molecular weight is 425 g/mol. The van der Waals surface area contributed by atoms with Crippen molar-refractivity contribution in [2.24, 2.45) is 11.1 Å². The van der Waals surface area contributed by atoms with Crippen LogP contribution in [0.2, 0.25) is 0 Å². The molecule has 3 N–H and O–H groups in total. The highest BCUT2D eigenvalue weighted by Gasteiger charge is 2.58. The molecule has 0 amide bonds. The number of rotatable bonds is 5. The summed E-state index contributed by atoms with van der Waals surface area (Å²) in [6, 6.07) is 1.17. The second-order valence-corrected chi connectivity index (χ2v) is 9.44. The number of hydrogen-bond donors (Lipinski definition) is 2. The zero-order valence-corrected chi connectivity index (χ0v) is 17.3. The molecule has 0 atom stereocenters. The molecule has 31 heavy (non-hydrogen) atoms. The van der Waals surface area contributed by atoms with Crippen molar-refractivity contribution < 1.29 is 19.0 Å². The molecule has 0 spiro atoms. The third-order valence-corrected chi connectivity index (χ3v) is 6.81. The van der Waals surface area contributed by atoms with E-state index in [2.05, 4.69) is 5.92 Å². The van der Waals surface area contributed by atoms with Crippen LogP contribution in [0.25, 0.3) is 10.9 Å². The van der Waals surface area contributed by atoms with Crippen LogP contribution in [0.1, 0.15) is 47.6 Å². The minimum atomic E-state index is -1.34. The van der Waals surface area contributed by atoms with E-state index in [1.54, 1.807) is 11.7 Å². The summed E-state index contributed by atoms with van der Waals surface area (Å²) >= 11 is 0. The number of benzene rings is 1. The largest absolute Gasteiger partial charge is 0.477 e. The number of piperidine rings is 2. The number of carbonyl (C=O) groups is 1. The first kappa shape index (κ1) is 20.0. The Kier molecular flexibility index (Phi) is 4.24. The predicted octanol–water partition coefficient (Wildman–Crippen LogP) is 2.10. The number of carboxylic acid groups (broad SMARTS) is 1. The molecule has 1 aromatic heterocycles. The number of aromatic carboxylic acids is 1. The summed E-state index contributed by atoms with van der Waals surface area (Å²) in [4.78, 5) is 26.3. The summed E-state index contributed by atoms with van der Waals surface area (Å²) in [5.74, 6) is 0.625. The zero-order chi connectivity index (χ0) is 22.1. The van der Waals surface area contributed by atoms with Crippen LogP contribution in [0.5, 0.6) is 0 Å². The van der Waals surface area contributed by atoms with Crippen LogP contribution in [0.15, 0.2) is 17.1 Å². The first-order chi connectivity index (χ1) is 14.7. The van der Waals surface area contributed by atoms with Crippen LogP contribution >= 0.6 is 0 Å². The number of hydrogen-bond acceptors (Lipinski definition) is 5. The normalized spacial score (nSPS) is 27.1. The smallest absolute Gasteiger partial charge is 0.341 e. The number of ether oxygens (including phenoxy) is 1. The van der Waals surface area contributed by atoms with Crippen molar-refractivity contribution in [1.82, 2.24) is 4.57 Å². The van der Waals surface area contributed by atoms with Crippen molar-refractivity contribution >= 4 is 22.6 Å². The minimum absolute atomic E-state index is 0.00256. The van der Waals surface area contributed by atoms with Crippen molar-refractivity contribution in [3.05, 3.63) is 39.4 Å². The number of terminal acetylenes is 1. The van der Waals surface area contributed by atoms with E-state index in [0.717, 1.165) is 31.7 Å². The fraction of sp³-hybridized carbons (Fsp3) is 0.478. The Labute approximate surface area is 178 Å². The molecular formula is C23H24FN3O4. The van der Waals surface area contributed by atoms with Gasteiger partial charge in [0, 0.05) is 43.4 Å². The fourth-order valence-electron chi connectivity index (χ4n) is 5.84. The Hall–Kier alpha value is -2.89. The lowest BCUT2D eigenvalue weighted by molar-refractivity contribution is -0.0529. The van der Waals surface area contributed by atoms with Crippen molar-refractivity contribution in [2.75, 3.05) is 31.7 Å². The topological polar surface area (TPSA) is 97.8 Å². The first-order valence-electron chi connectivity index (χ1n) is 10.3. The van der Waals surface area contributed by atoms with E-state index in [1.165, 1.54) is 6.20 Å². The van der Waals surface area contributed by atoms with E-state index >= 15 is 4.39 Å². The van der Waals surface area contributed by atoms with Gasteiger partial charge in [0.25, 0.3) is 0 Å². The van der Waals surface area contributed by atoms with Gasteiger partial charge in [0.15, 0.2) is 0 Å². The lowest BCUT2D eigenvalue weighted by Crippen LogP contribution is -2.72. The Bertz CT molecular complexity index is 1220. The number of methoxy groups -OCH3 is 1. The molecule has 0 radical (unpaired) electrons. The number of fused-ring (bicyclic) bond motifs is 3. The van der Waals surface area contributed by atoms with Gasteiger partial charge in [-0.05, 0) is 31.7 Å². The molecule has 2 saturated heterocycles. The molecule has 3 heterocycles. The minimum Gasteiger partial charge on any atom is -0.477 e. The van der Waals surface area contributed by atoms with E-state index in [-0.39, 0.29) is 33.7 Å². The summed E-state index contributed by atoms with van der Waals surface area (Å²) in [7, 11) is 1.64. The summed E-state index contributed by atoms with van der Waals surface area (Å²) in [5.41, 5.74) is 5.76. The monoisotopic (exact) mass is 425 g/mol. The molecule has 7 nitrogen and oxygen atoms in total. The Balaban J connectivity index is 1.74. The Morgan fingerprint density at radius 2 is 2.13 bits per heavy atom. The molecule has 162 valence electrons. The lowest BCUT2D eigenvalue weighted by atomic mass is 9.54. The maximum atomic E-state index is 15.5. The second kappa shape index (κ2) is 6.55. The number of nitrogens with zero attached hydrogens (tertiary/aromatic N) is 2. The van der Waals surface area contributed by atoms with Crippen LogP contribution in [0, 0.1) is 23.6 Å². The quantitative estimate of drug-likeness (QED) is 0.712. The van der Waals surface area contributed by atoms with E-state index in [1.807, 2.05) is 4.90 Å². The highest BCUT2D eigenvalue weighted by molar-refractivity contribution is 5.96. The molecule has 2 aliphatic carbocycles. The predicted molar refractivity (Wildman–Crippen MR) is 114 cm³/mol. The zero-order valence-electron chi connectivity index (χ0n) is 17.3. The third-order valence-electron chi connectivity index (χ3n) is 6.81. The van der Waals surface area contributed by atoms with Gasteiger partial charge >= 0.3 is 5.97 Å². The van der Waals surface area contributed by atoms with Crippen molar-refractivity contribution in [3.8, 4) is 12.3 Å². The molecule has 4 aliphatic rings. The molecule has 1 aromatic carbocycles. The molecular weight excluding hydrogens is 401 g/mol. The number of pyridine rings is 1. The lowest BCUT2D eigenvalue weighted by Gasteiger charge is -2.62. The number of nitrogens with two attached hydrogens (primary N) is 1. The summed E-state index contributed by atoms with van der Waals surface area (Å²) in [5, 5.41) is 9.46. The molecule has 2 saturated carbocycles. The van der Waals surface area contributed by atoms with Crippen molar-refractivity contribution in [2.45, 2.75) is 37.3 Å². The third kappa shape index (κ3) is 2.95. The van der Waals surface area contributed by atoms with Gasteiger partial charge in [-0.25, -0.2) is 9.18 Å². The number of aromatic nitrogens is 1. The number of carboxylic acids is 1. The van der Waals surface area contributed by atoms with Gasteiger partial charge in [-0.1, -0.05) is 5.92 Å². The summed E-state index contributed by atoms with van der Waals surface area (Å²) < 4.78 is 22.6.